The summed E-state index contributed by atoms with van der Waals surface area (Å²) in [7, 11) is 2.07. The Morgan fingerprint density at radius 3 is 1.66 bits per heavy atom. The van der Waals surface area contributed by atoms with E-state index in [4.69, 9.17) is 4.42 Å². The molecular weight excluding hydrogens is 1240 g/mol. The number of hydrogen-bond donors (Lipinski definition) is 1. The molecular formula is C85H94N12OS. The van der Waals surface area contributed by atoms with Gasteiger partial charge in [-0.3, -0.25) is 15.0 Å². The second kappa shape index (κ2) is 35.7. The Hall–Kier alpha value is -10.4. The van der Waals surface area contributed by atoms with Gasteiger partial charge in [-0.2, -0.15) is 0 Å². The van der Waals surface area contributed by atoms with Gasteiger partial charge in [-0.05, 0) is 115 Å². The fourth-order valence-electron chi connectivity index (χ4n) is 10.7. The number of nitrogens with one attached hydrogen (secondary N) is 1. The third kappa shape index (κ3) is 19.9. The highest BCUT2D eigenvalue weighted by atomic mass is 32.1. The van der Waals surface area contributed by atoms with Crippen molar-refractivity contribution in [2.75, 3.05) is 0 Å². The Morgan fingerprint density at radius 2 is 1.02 bits per heavy atom. The molecule has 8 heterocycles. The van der Waals surface area contributed by atoms with E-state index in [1.54, 1.807) is 17.7 Å². The first-order valence-corrected chi connectivity index (χ1v) is 35.4. The fourth-order valence-corrected chi connectivity index (χ4v) is 11.7. The summed E-state index contributed by atoms with van der Waals surface area (Å²) in [6.45, 7) is 30.0. The van der Waals surface area contributed by atoms with E-state index < -0.39 is 0 Å². The molecule has 16 aromatic rings. The van der Waals surface area contributed by atoms with Crippen molar-refractivity contribution < 1.29 is 4.42 Å². The maximum atomic E-state index is 5.52. The molecule has 8 aromatic heterocycles. The molecule has 0 saturated carbocycles. The van der Waals surface area contributed by atoms with Crippen LogP contribution >= 0.6 is 11.3 Å². The number of benzene rings is 8. The number of rotatable bonds is 8. The van der Waals surface area contributed by atoms with Crippen LogP contribution in [0, 0.1) is 0 Å². The molecule has 0 bridgehead atoms. The van der Waals surface area contributed by atoms with Crippen molar-refractivity contribution in [2.24, 2.45) is 7.05 Å². The number of imidazole rings is 2. The Morgan fingerprint density at radius 1 is 0.414 bits per heavy atom. The zero-order valence-corrected chi connectivity index (χ0v) is 60.9. The lowest BCUT2D eigenvalue weighted by Gasteiger charge is -2.07. The van der Waals surface area contributed by atoms with Gasteiger partial charge in [-0.1, -0.05) is 224 Å². The quantitative estimate of drug-likeness (QED) is 0.154. The van der Waals surface area contributed by atoms with Crippen LogP contribution in [-0.2, 0) is 19.9 Å². The number of aromatic amines is 1. The first kappa shape index (κ1) is 72.8. The minimum absolute atomic E-state index is 0.359. The van der Waals surface area contributed by atoms with E-state index in [2.05, 4.69) is 254 Å². The van der Waals surface area contributed by atoms with Crippen LogP contribution in [0.5, 0.6) is 0 Å². The van der Waals surface area contributed by atoms with Crippen molar-refractivity contribution in [2.45, 2.75) is 145 Å². The van der Waals surface area contributed by atoms with Crippen molar-refractivity contribution in [3.8, 4) is 0 Å². The maximum Gasteiger partial charge on any atom is 0.198 e. The zero-order valence-electron chi connectivity index (χ0n) is 60.1. The molecule has 14 heteroatoms. The largest absolute Gasteiger partial charge is 0.440 e. The smallest absolute Gasteiger partial charge is 0.198 e. The molecule has 1 N–H and O–H groups in total. The lowest BCUT2D eigenvalue weighted by molar-refractivity contribution is 0.501. The molecule has 0 spiro atoms. The predicted molar refractivity (Wildman–Crippen MR) is 416 cm³/mol. The van der Waals surface area contributed by atoms with Crippen molar-refractivity contribution in [1.29, 1.82) is 0 Å². The van der Waals surface area contributed by atoms with Crippen LogP contribution in [0.15, 0.2) is 235 Å². The predicted octanol–water partition coefficient (Wildman–Crippen LogP) is 22.9. The Labute approximate surface area is 587 Å². The molecule has 0 atom stereocenters. The van der Waals surface area contributed by atoms with Gasteiger partial charge in [-0.15, -0.1) is 11.3 Å². The zero-order chi connectivity index (χ0) is 70.4. The van der Waals surface area contributed by atoms with Crippen LogP contribution in [0.4, 0.5) is 0 Å². The molecule has 0 aliphatic heterocycles. The van der Waals surface area contributed by atoms with Crippen LogP contribution in [-0.4, -0.2) is 59.4 Å². The SMILES string of the molecule is CC(C)c1ccc2ccccc2n1.CC(C)c1nc2ccccc2[nH]1.CC(C)c1nc2ccccc2n1C.CC(C)c1nc2ccccc2o1.CC(C)c1nc2ccccc2s1.CC(C)c1nccc2ccccc12.CCc1cnc2ccccc2n1.CCc1ncnc2ccccc12. The second-order valence-corrected chi connectivity index (χ2v) is 26.9. The van der Waals surface area contributed by atoms with Crippen molar-refractivity contribution >= 4 is 98.3 Å². The highest BCUT2D eigenvalue weighted by Crippen LogP contribution is 2.28. The van der Waals surface area contributed by atoms with Gasteiger partial charge < -0.3 is 14.0 Å². The Bertz CT molecular complexity index is 4850. The number of aryl methyl sites for hydroxylation is 3. The van der Waals surface area contributed by atoms with E-state index in [0.29, 0.717) is 35.5 Å². The van der Waals surface area contributed by atoms with Crippen LogP contribution in [0.3, 0.4) is 0 Å². The fraction of sp³-hybridized carbons (Fsp3) is 0.271. The number of pyridine rings is 2. The number of hydrogen-bond acceptors (Lipinski definition) is 12. The highest BCUT2D eigenvalue weighted by molar-refractivity contribution is 7.18. The van der Waals surface area contributed by atoms with Crippen molar-refractivity contribution in [3.05, 3.63) is 276 Å². The molecule has 99 heavy (non-hydrogen) atoms. The Kier molecular flexibility index (Phi) is 26.3. The van der Waals surface area contributed by atoms with E-state index in [-0.39, 0.29) is 0 Å². The summed E-state index contributed by atoms with van der Waals surface area (Å²) in [6, 6.07) is 71.4. The van der Waals surface area contributed by atoms with Crippen LogP contribution in [0.2, 0.25) is 0 Å². The molecule has 0 fully saturated rings. The van der Waals surface area contributed by atoms with Gasteiger partial charge in [0.25, 0.3) is 0 Å². The normalized spacial score (nSPS) is 11.0. The van der Waals surface area contributed by atoms with E-state index in [0.717, 1.165) is 97.0 Å². The highest BCUT2D eigenvalue weighted by Gasteiger charge is 2.12. The number of nitrogens with zero attached hydrogens (tertiary/aromatic N) is 11. The molecule has 0 amide bonds. The van der Waals surface area contributed by atoms with Gasteiger partial charge in [0.15, 0.2) is 11.5 Å². The van der Waals surface area contributed by atoms with E-state index in [1.165, 1.54) is 48.2 Å². The van der Waals surface area contributed by atoms with E-state index >= 15 is 0 Å². The number of H-pyrrole nitrogens is 1. The van der Waals surface area contributed by atoms with Gasteiger partial charge in [0, 0.05) is 65.0 Å². The summed E-state index contributed by atoms with van der Waals surface area (Å²) in [5.74, 6) is 5.89. The first-order valence-electron chi connectivity index (χ1n) is 34.5. The summed E-state index contributed by atoms with van der Waals surface area (Å²) < 4.78 is 8.98. The average Bonchev–Trinajstić information content (AvgIpc) is 1.44. The van der Waals surface area contributed by atoms with Crippen molar-refractivity contribution in [1.82, 2.24) is 59.4 Å². The number of para-hydroxylation sites is 11. The number of oxazole rings is 1. The maximum absolute atomic E-state index is 5.52. The molecule has 16 rings (SSSR count). The number of thiazole rings is 1. The molecule has 0 unspecified atom stereocenters. The Balaban J connectivity index is 0.000000132. The summed E-state index contributed by atoms with van der Waals surface area (Å²) in [5.41, 5.74) is 16.0. The number of aromatic nitrogens is 12. The minimum Gasteiger partial charge on any atom is -0.440 e. The summed E-state index contributed by atoms with van der Waals surface area (Å²) in [5, 5.41) is 6.17. The molecule has 8 aromatic carbocycles. The molecule has 13 nitrogen and oxygen atoms in total. The molecule has 0 aliphatic carbocycles. The molecule has 506 valence electrons. The monoisotopic (exact) mass is 1330 g/mol. The van der Waals surface area contributed by atoms with Crippen LogP contribution in [0.25, 0.3) is 87.0 Å². The summed E-state index contributed by atoms with van der Waals surface area (Å²) >= 11 is 1.79. The summed E-state index contributed by atoms with van der Waals surface area (Å²) in [4.78, 5) is 47.3. The van der Waals surface area contributed by atoms with Gasteiger partial charge in [0.1, 0.15) is 23.5 Å². The van der Waals surface area contributed by atoms with E-state index in [9.17, 15) is 0 Å². The molecule has 0 saturated heterocycles. The van der Waals surface area contributed by atoms with E-state index in [1.807, 2.05) is 134 Å². The minimum atomic E-state index is 0.359. The molecule has 0 radical (unpaired) electrons. The lowest BCUT2D eigenvalue weighted by Crippen LogP contribution is -1.99. The van der Waals surface area contributed by atoms with Gasteiger partial charge in [0.2, 0.25) is 0 Å². The topological polar surface area (TPSA) is 163 Å². The summed E-state index contributed by atoms with van der Waals surface area (Å²) in [6.07, 6.45) is 7.25. The van der Waals surface area contributed by atoms with Gasteiger partial charge in [0.05, 0.1) is 76.4 Å². The van der Waals surface area contributed by atoms with Gasteiger partial charge >= 0.3 is 0 Å². The second-order valence-electron chi connectivity index (χ2n) is 25.9. The molecule has 0 aliphatic rings. The third-order valence-corrected chi connectivity index (χ3v) is 17.5. The van der Waals surface area contributed by atoms with Crippen LogP contribution < -0.4 is 0 Å². The first-order chi connectivity index (χ1) is 47.9. The van der Waals surface area contributed by atoms with Crippen LogP contribution in [0.1, 0.15) is 178 Å². The number of fused-ring (bicyclic) bond motifs is 8. The lowest BCUT2D eigenvalue weighted by atomic mass is 10.0. The standard InChI is InChI=1S/2C12H13N.C11H14N2.C10H12N2.2C10H10N2.C10H11NO.C10H11NS/c1-9(2)11-8-7-10-5-3-4-6-12(10)13-11;1-9(2)12-11-6-4-3-5-10(11)7-8-13-12;1-8(2)11-12-9-6-4-5-7-10(9)13(11)3;1-7(2)10-11-8-5-3-4-6-9(8)12-10;1-2-9-8-5-3-4-6-10(8)12-7-11-9;1-2-8-7-11-9-5-3-4-6-10(9)12-8;2*1-7(2)10-11-8-5-3-4-6-9(8)12-10/h2*3-9H,1-2H3;4-8H,1-3H3;3-7H,1-2H3,(H,11,12);2*3-7H,2H2,1H3;2*3-7H,1-2H3. The van der Waals surface area contributed by atoms with Gasteiger partial charge in [-0.25, -0.2) is 34.9 Å². The third-order valence-electron chi connectivity index (χ3n) is 16.2. The average molecular weight is 1330 g/mol. The van der Waals surface area contributed by atoms with Crippen molar-refractivity contribution in [3.63, 3.8) is 0 Å².